The lowest BCUT2D eigenvalue weighted by Gasteiger charge is -2.14. The molecule has 0 aromatic heterocycles. The molecule has 1 rings (SSSR count). The van der Waals surface area contributed by atoms with Crippen molar-refractivity contribution in [1.29, 1.82) is 0 Å². The lowest BCUT2D eigenvalue weighted by atomic mass is 10.0. The second-order valence-electron chi connectivity index (χ2n) is 2.55. The van der Waals surface area contributed by atoms with Crippen LogP contribution >= 0.6 is 0 Å². The van der Waals surface area contributed by atoms with E-state index in [9.17, 15) is 13.6 Å². The van der Waals surface area contributed by atoms with E-state index in [0.29, 0.717) is 0 Å². The van der Waals surface area contributed by atoms with Crippen molar-refractivity contribution in [1.82, 2.24) is 0 Å². The van der Waals surface area contributed by atoms with Gasteiger partial charge < -0.3 is 0 Å². The Bertz CT molecular complexity index is 270. The first-order valence-electron chi connectivity index (χ1n) is 3.63. The van der Waals surface area contributed by atoms with Crippen molar-refractivity contribution in [3.8, 4) is 0 Å². The van der Waals surface area contributed by atoms with E-state index in [0.717, 1.165) is 6.08 Å². The molecule has 0 amide bonds. The molecule has 1 nitrogen and oxygen atoms in total. The summed E-state index contributed by atoms with van der Waals surface area (Å²) >= 11 is 0. The Labute approximate surface area is 69.1 Å². The van der Waals surface area contributed by atoms with Crippen LogP contribution < -0.4 is 0 Å². The molecule has 0 aromatic rings. The molecule has 64 valence electrons. The predicted molar refractivity (Wildman–Crippen MR) is 41.7 cm³/mol. The average molecular weight is 170 g/mol. The summed E-state index contributed by atoms with van der Waals surface area (Å²) in [6.45, 7) is 0. The van der Waals surface area contributed by atoms with Gasteiger partial charge in [-0.1, -0.05) is 18.2 Å². The summed E-state index contributed by atoms with van der Waals surface area (Å²) in [5, 5.41) is 0. The zero-order chi connectivity index (χ0) is 9.03. The van der Waals surface area contributed by atoms with E-state index in [1.807, 2.05) is 0 Å². The van der Waals surface area contributed by atoms with Crippen molar-refractivity contribution in [2.24, 2.45) is 0 Å². The van der Waals surface area contributed by atoms with Crippen LogP contribution in [0, 0.1) is 0 Å². The second-order valence-corrected chi connectivity index (χ2v) is 2.55. The number of hydrogen-bond donors (Lipinski definition) is 0. The van der Waals surface area contributed by atoms with Gasteiger partial charge >= 0.3 is 0 Å². The Kier molecular flexibility index (Phi) is 2.56. The van der Waals surface area contributed by atoms with Gasteiger partial charge in [0.2, 0.25) is 0 Å². The highest BCUT2D eigenvalue weighted by Gasteiger charge is 2.33. The Hall–Kier alpha value is -1.21. The van der Waals surface area contributed by atoms with Crippen LogP contribution in [0.2, 0.25) is 0 Å². The van der Waals surface area contributed by atoms with Crippen molar-refractivity contribution in [2.45, 2.75) is 18.8 Å². The van der Waals surface area contributed by atoms with E-state index >= 15 is 0 Å². The molecule has 12 heavy (non-hydrogen) atoms. The van der Waals surface area contributed by atoms with Crippen LogP contribution in [0.5, 0.6) is 0 Å². The molecule has 0 saturated heterocycles. The van der Waals surface area contributed by atoms with Gasteiger partial charge in [-0.15, -0.1) is 0 Å². The van der Waals surface area contributed by atoms with Crippen molar-refractivity contribution in [2.75, 3.05) is 0 Å². The molecule has 0 aromatic carbocycles. The van der Waals surface area contributed by atoms with Crippen LogP contribution in [0.3, 0.4) is 0 Å². The van der Waals surface area contributed by atoms with Crippen molar-refractivity contribution in [3.05, 3.63) is 29.9 Å². The zero-order valence-corrected chi connectivity index (χ0v) is 6.39. The fourth-order valence-electron chi connectivity index (χ4n) is 0.956. The Morgan fingerprint density at radius 1 is 1.42 bits per heavy atom. The average Bonchev–Trinajstić information content (AvgIpc) is 1.99. The molecule has 0 heterocycles. The first-order chi connectivity index (χ1) is 5.67. The Morgan fingerprint density at radius 2 is 2.17 bits per heavy atom. The van der Waals surface area contributed by atoms with Crippen LogP contribution in [0.4, 0.5) is 8.78 Å². The van der Waals surface area contributed by atoms with Crippen LogP contribution in [0.25, 0.3) is 0 Å². The molecule has 0 unspecified atom stereocenters. The number of hydrogen-bond acceptors (Lipinski definition) is 1. The van der Waals surface area contributed by atoms with Crippen LogP contribution in [-0.2, 0) is 4.79 Å². The van der Waals surface area contributed by atoms with Crippen molar-refractivity contribution in [3.63, 3.8) is 0 Å². The standard InChI is InChI=1S/C9H8F2O/c10-9(11)6-4-2-1-3-5-8(9)7-12/h1-3,5H,4,6H2/b2-1-,5-3-. The molecule has 0 N–H and O–H groups in total. The van der Waals surface area contributed by atoms with Crippen LogP contribution in [0.1, 0.15) is 12.8 Å². The molecular weight excluding hydrogens is 162 g/mol. The maximum absolute atomic E-state index is 12.9. The summed E-state index contributed by atoms with van der Waals surface area (Å²) in [5.74, 6) is -1.77. The van der Waals surface area contributed by atoms with Gasteiger partial charge in [-0.05, 0) is 12.5 Å². The quantitative estimate of drug-likeness (QED) is 0.510. The number of allylic oxidation sites excluding steroid dienone is 5. The van der Waals surface area contributed by atoms with Gasteiger partial charge in [0.15, 0.2) is 0 Å². The summed E-state index contributed by atoms with van der Waals surface area (Å²) < 4.78 is 25.9. The Morgan fingerprint density at radius 3 is 2.83 bits per heavy atom. The minimum absolute atomic E-state index is 0.280. The van der Waals surface area contributed by atoms with Gasteiger partial charge in [-0.3, -0.25) is 0 Å². The molecule has 0 atom stereocenters. The third-order valence-corrected chi connectivity index (χ3v) is 1.64. The van der Waals surface area contributed by atoms with E-state index in [1.54, 1.807) is 12.2 Å². The minimum Gasteiger partial charge on any atom is -0.233 e. The molecular formula is C9H8F2O. The number of halogens is 2. The number of carbonyl (C=O) groups excluding carboxylic acids is 1. The lowest BCUT2D eigenvalue weighted by Crippen LogP contribution is -2.18. The smallest absolute Gasteiger partial charge is 0.233 e. The topological polar surface area (TPSA) is 17.1 Å². The molecule has 0 aliphatic heterocycles. The summed E-state index contributed by atoms with van der Waals surface area (Å²) in [6, 6.07) is 0. The lowest BCUT2D eigenvalue weighted by molar-refractivity contribution is 0.0384. The maximum atomic E-state index is 12.9. The van der Waals surface area contributed by atoms with Gasteiger partial charge in [0, 0.05) is 6.42 Å². The van der Waals surface area contributed by atoms with Crippen molar-refractivity contribution >= 4 is 5.94 Å². The summed E-state index contributed by atoms with van der Waals surface area (Å²) in [5.41, 5.74) is -0.563. The molecule has 1 aliphatic carbocycles. The number of alkyl halides is 2. The van der Waals surface area contributed by atoms with Crippen LogP contribution in [0.15, 0.2) is 29.9 Å². The summed E-state index contributed by atoms with van der Waals surface area (Å²) in [7, 11) is 0. The molecule has 0 spiro atoms. The monoisotopic (exact) mass is 170 g/mol. The summed E-state index contributed by atoms with van der Waals surface area (Å²) in [6.07, 6.45) is 5.77. The molecule has 0 radical (unpaired) electrons. The third-order valence-electron chi connectivity index (χ3n) is 1.64. The van der Waals surface area contributed by atoms with E-state index in [4.69, 9.17) is 0 Å². The van der Waals surface area contributed by atoms with Gasteiger partial charge in [-0.25, -0.2) is 13.6 Å². The first kappa shape index (κ1) is 8.88. The zero-order valence-electron chi connectivity index (χ0n) is 6.39. The predicted octanol–water partition coefficient (Wildman–Crippen LogP) is 2.29. The number of rotatable bonds is 0. The largest absolute Gasteiger partial charge is 0.283 e. The molecule has 3 heteroatoms. The highest BCUT2D eigenvalue weighted by molar-refractivity contribution is 5.60. The van der Waals surface area contributed by atoms with E-state index in [2.05, 4.69) is 0 Å². The second kappa shape index (κ2) is 3.46. The summed E-state index contributed by atoms with van der Waals surface area (Å²) in [4.78, 5) is 10.1. The third kappa shape index (κ3) is 1.89. The normalized spacial score (nSPS) is 26.7. The SMILES string of the molecule is O=C=C1/C=C\C=C/CCC1(F)F. The van der Waals surface area contributed by atoms with Gasteiger partial charge in [0.25, 0.3) is 5.92 Å². The molecule has 1 aliphatic rings. The van der Waals surface area contributed by atoms with E-state index in [-0.39, 0.29) is 12.8 Å². The van der Waals surface area contributed by atoms with Crippen LogP contribution in [-0.4, -0.2) is 11.9 Å². The maximum Gasteiger partial charge on any atom is 0.283 e. The Balaban J connectivity index is 2.98. The van der Waals surface area contributed by atoms with Crippen molar-refractivity contribution < 1.29 is 13.6 Å². The molecule has 0 saturated carbocycles. The first-order valence-corrected chi connectivity index (χ1v) is 3.63. The highest BCUT2D eigenvalue weighted by Crippen LogP contribution is 2.29. The van der Waals surface area contributed by atoms with E-state index in [1.165, 1.54) is 12.0 Å². The van der Waals surface area contributed by atoms with Gasteiger partial charge in [0.1, 0.15) is 11.5 Å². The van der Waals surface area contributed by atoms with E-state index < -0.39 is 11.5 Å². The molecule has 0 fully saturated rings. The van der Waals surface area contributed by atoms with Gasteiger partial charge in [0.05, 0.1) is 0 Å². The fraction of sp³-hybridized carbons (Fsp3) is 0.333. The highest BCUT2D eigenvalue weighted by atomic mass is 19.3. The van der Waals surface area contributed by atoms with Gasteiger partial charge in [-0.2, -0.15) is 0 Å². The molecule has 0 bridgehead atoms. The fourth-order valence-corrected chi connectivity index (χ4v) is 0.956. The minimum atomic E-state index is -3.02.